The third-order valence-corrected chi connectivity index (χ3v) is 4.29. The van der Waals surface area contributed by atoms with Crippen LogP contribution in [-0.2, 0) is 11.2 Å². The van der Waals surface area contributed by atoms with Crippen LogP contribution in [0.1, 0.15) is 24.8 Å². The Morgan fingerprint density at radius 3 is 2.75 bits per heavy atom. The van der Waals surface area contributed by atoms with Crippen molar-refractivity contribution >= 4 is 10.2 Å². The predicted octanol–water partition coefficient (Wildman–Crippen LogP) is 2.05. The van der Waals surface area contributed by atoms with Crippen molar-refractivity contribution in [1.29, 1.82) is 0 Å². The third kappa shape index (κ3) is 3.32. The minimum atomic E-state index is 0.118. The summed E-state index contributed by atoms with van der Waals surface area (Å²) < 4.78 is 5.88. The van der Waals surface area contributed by atoms with Gasteiger partial charge in [-0.05, 0) is 31.2 Å². The molecule has 0 spiro atoms. The number of rotatable bonds is 3. The summed E-state index contributed by atoms with van der Waals surface area (Å²) in [5, 5.41) is 0.118. The maximum absolute atomic E-state index is 5.88. The summed E-state index contributed by atoms with van der Waals surface area (Å²) in [5.41, 5.74) is 1.37. The summed E-state index contributed by atoms with van der Waals surface area (Å²) >= 11 is 0. The zero-order valence-electron chi connectivity index (χ0n) is 9.99. The SMILES string of the molecule is [SiH3]C1(C=CCc2ccccc2)CCCCO1. The molecule has 1 aromatic carbocycles. The molecule has 1 fully saturated rings. The highest BCUT2D eigenvalue weighted by atomic mass is 28.1. The van der Waals surface area contributed by atoms with Gasteiger partial charge in [-0.1, -0.05) is 42.5 Å². The summed E-state index contributed by atoms with van der Waals surface area (Å²) in [7, 11) is 1.10. The van der Waals surface area contributed by atoms with Gasteiger partial charge in [0.1, 0.15) is 0 Å². The van der Waals surface area contributed by atoms with Gasteiger partial charge < -0.3 is 4.74 Å². The van der Waals surface area contributed by atoms with E-state index in [9.17, 15) is 0 Å². The number of hydrogen-bond acceptors (Lipinski definition) is 1. The Morgan fingerprint density at radius 2 is 2.06 bits per heavy atom. The van der Waals surface area contributed by atoms with Crippen LogP contribution in [0.2, 0.25) is 0 Å². The Morgan fingerprint density at radius 1 is 1.25 bits per heavy atom. The first-order valence-electron chi connectivity index (χ1n) is 6.14. The van der Waals surface area contributed by atoms with Gasteiger partial charge in [-0.3, -0.25) is 0 Å². The molecular weight excluding hydrogens is 212 g/mol. The Hall–Kier alpha value is -0.863. The van der Waals surface area contributed by atoms with Crippen LogP contribution in [0.15, 0.2) is 42.5 Å². The van der Waals surface area contributed by atoms with Crippen molar-refractivity contribution in [3.8, 4) is 0 Å². The normalized spacial score (nSPS) is 26.2. The highest BCUT2D eigenvalue weighted by molar-refractivity contribution is 6.16. The molecule has 0 aromatic heterocycles. The first-order chi connectivity index (χ1) is 7.79. The maximum Gasteiger partial charge on any atom is 0.0656 e. The Bertz CT molecular complexity index is 339. The molecule has 1 aliphatic rings. The Balaban J connectivity index is 1.89. The summed E-state index contributed by atoms with van der Waals surface area (Å²) in [6, 6.07) is 10.6. The van der Waals surface area contributed by atoms with Gasteiger partial charge in [-0.25, -0.2) is 0 Å². The fourth-order valence-electron chi connectivity index (χ4n) is 2.15. The number of benzene rings is 1. The molecule has 1 aliphatic heterocycles. The molecule has 1 aromatic rings. The van der Waals surface area contributed by atoms with Crippen LogP contribution in [-0.4, -0.2) is 22.1 Å². The van der Waals surface area contributed by atoms with E-state index in [1.54, 1.807) is 0 Å². The van der Waals surface area contributed by atoms with E-state index in [0.717, 1.165) is 23.3 Å². The third-order valence-electron chi connectivity index (χ3n) is 3.17. The number of allylic oxidation sites excluding steroid dienone is 1. The standard InChI is InChI=1S/C14H20OSi/c16-14(10-4-5-12-15-14)11-6-9-13-7-2-1-3-8-13/h1-3,6-8,11H,4-5,9-10,12H2,16H3. The lowest BCUT2D eigenvalue weighted by Crippen LogP contribution is -2.34. The highest BCUT2D eigenvalue weighted by Crippen LogP contribution is 2.23. The number of hydrogen-bond donors (Lipinski definition) is 0. The monoisotopic (exact) mass is 232 g/mol. The molecule has 0 saturated carbocycles. The van der Waals surface area contributed by atoms with E-state index in [4.69, 9.17) is 4.74 Å². The van der Waals surface area contributed by atoms with Crippen LogP contribution in [0.3, 0.4) is 0 Å². The van der Waals surface area contributed by atoms with E-state index in [-0.39, 0.29) is 5.22 Å². The molecule has 0 radical (unpaired) electrons. The van der Waals surface area contributed by atoms with Gasteiger partial charge in [-0.2, -0.15) is 0 Å². The van der Waals surface area contributed by atoms with Gasteiger partial charge in [-0.15, -0.1) is 0 Å². The molecule has 0 N–H and O–H groups in total. The van der Waals surface area contributed by atoms with Crippen LogP contribution in [0.25, 0.3) is 0 Å². The summed E-state index contributed by atoms with van der Waals surface area (Å²) in [5.74, 6) is 0. The molecule has 2 heteroatoms. The largest absolute Gasteiger partial charge is 0.376 e. The zero-order chi connectivity index (χ0) is 11.3. The lowest BCUT2D eigenvalue weighted by atomic mass is 10.1. The van der Waals surface area contributed by atoms with Gasteiger partial charge in [0, 0.05) is 16.8 Å². The van der Waals surface area contributed by atoms with Crippen LogP contribution in [0.5, 0.6) is 0 Å². The Labute approximate surface area is 101 Å². The van der Waals surface area contributed by atoms with E-state index in [0.29, 0.717) is 0 Å². The van der Waals surface area contributed by atoms with Gasteiger partial charge in [0.25, 0.3) is 0 Å². The van der Waals surface area contributed by atoms with E-state index in [2.05, 4.69) is 42.5 Å². The molecule has 86 valence electrons. The quantitative estimate of drug-likeness (QED) is 0.572. The first-order valence-corrected chi connectivity index (χ1v) is 7.14. The van der Waals surface area contributed by atoms with Crippen molar-refractivity contribution in [2.24, 2.45) is 0 Å². The van der Waals surface area contributed by atoms with Gasteiger partial charge in [0.15, 0.2) is 0 Å². The molecular formula is C14H20OSi. The van der Waals surface area contributed by atoms with E-state index < -0.39 is 0 Å². The molecule has 1 heterocycles. The fourth-order valence-corrected chi connectivity index (χ4v) is 2.94. The first kappa shape index (κ1) is 11.6. The number of ether oxygens (including phenoxy) is 1. The average molecular weight is 232 g/mol. The minimum absolute atomic E-state index is 0.118. The molecule has 16 heavy (non-hydrogen) atoms. The molecule has 2 rings (SSSR count). The van der Waals surface area contributed by atoms with Crippen LogP contribution in [0.4, 0.5) is 0 Å². The van der Waals surface area contributed by atoms with Crippen molar-refractivity contribution in [3.63, 3.8) is 0 Å². The molecule has 1 saturated heterocycles. The zero-order valence-corrected chi connectivity index (χ0v) is 12.0. The summed E-state index contributed by atoms with van der Waals surface area (Å²) in [6.07, 6.45) is 9.35. The molecule has 0 bridgehead atoms. The van der Waals surface area contributed by atoms with Gasteiger partial charge >= 0.3 is 0 Å². The van der Waals surface area contributed by atoms with Crippen molar-refractivity contribution < 1.29 is 4.74 Å². The predicted molar refractivity (Wildman–Crippen MR) is 71.8 cm³/mol. The smallest absolute Gasteiger partial charge is 0.0656 e. The average Bonchev–Trinajstić information content (AvgIpc) is 2.31. The van der Waals surface area contributed by atoms with Gasteiger partial charge in [0.2, 0.25) is 0 Å². The van der Waals surface area contributed by atoms with Crippen LogP contribution < -0.4 is 0 Å². The van der Waals surface area contributed by atoms with Crippen LogP contribution >= 0.6 is 0 Å². The highest BCUT2D eigenvalue weighted by Gasteiger charge is 2.23. The summed E-state index contributed by atoms with van der Waals surface area (Å²) in [6.45, 7) is 0.944. The molecule has 0 amide bonds. The van der Waals surface area contributed by atoms with Crippen molar-refractivity contribution in [3.05, 3.63) is 48.0 Å². The second-order valence-corrected chi connectivity index (χ2v) is 6.40. The molecule has 1 atom stereocenters. The van der Waals surface area contributed by atoms with Crippen molar-refractivity contribution in [2.45, 2.75) is 30.9 Å². The Kier molecular flexibility index (Phi) is 3.96. The van der Waals surface area contributed by atoms with Crippen molar-refractivity contribution in [1.82, 2.24) is 0 Å². The topological polar surface area (TPSA) is 9.23 Å². The molecule has 1 unspecified atom stereocenters. The summed E-state index contributed by atoms with van der Waals surface area (Å²) in [4.78, 5) is 0. The van der Waals surface area contributed by atoms with E-state index in [1.807, 2.05) is 0 Å². The maximum atomic E-state index is 5.88. The van der Waals surface area contributed by atoms with E-state index in [1.165, 1.54) is 24.8 Å². The molecule has 0 aliphatic carbocycles. The fraction of sp³-hybridized carbons (Fsp3) is 0.429. The molecule has 1 nitrogen and oxygen atoms in total. The van der Waals surface area contributed by atoms with Crippen LogP contribution in [0, 0.1) is 0 Å². The minimum Gasteiger partial charge on any atom is -0.376 e. The second kappa shape index (κ2) is 5.46. The van der Waals surface area contributed by atoms with E-state index >= 15 is 0 Å². The van der Waals surface area contributed by atoms with Gasteiger partial charge in [0.05, 0.1) is 5.22 Å². The lowest BCUT2D eigenvalue weighted by molar-refractivity contribution is 0.0152. The second-order valence-electron chi connectivity index (χ2n) is 4.71. The lowest BCUT2D eigenvalue weighted by Gasteiger charge is -2.31. The van der Waals surface area contributed by atoms with Crippen molar-refractivity contribution in [2.75, 3.05) is 6.61 Å².